The van der Waals surface area contributed by atoms with E-state index >= 15 is 0 Å². The average Bonchev–Trinajstić information content (AvgIpc) is 2.58. The third-order valence-corrected chi connectivity index (χ3v) is 4.48. The smallest absolute Gasteiger partial charge is 0.367 e. The van der Waals surface area contributed by atoms with Crippen molar-refractivity contribution in [3.05, 3.63) is 23.9 Å². The standard InChI is InChI=1S/C20H33F2N3O2/c1-18(2,3)25-11-9-24(10-12-25)17-8-7-16(13-23-17)14-26-20(21,22)15-27-19(4,5)6/h7-8,13H,9-12,14-15H2,1-6H3. The number of hydrogen-bond donors (Lipinski definition) is 0. The summed E-state index contributed by atoms with van der Waals surface area (Å²) in [6.07, 6.45) is -1.72. The number of nitrogens with zero attached hydrogens (tertiary/aromatic N) is 3. The molecule has 0 saturated carbocycles. The molecule has 0 spiro atoms. The van der Waals surface area contributed by atoms with Gasteiger partial charge in [-0.15, -0.1) is 0 Å². The highest BCUT2D eigenvalue weighted by molar-refractivity contribution is 5.39. The number of piperazine rings is 1. The fraction of sp³-hybridized carbons (Fsp3) is 0.750. The molecule has 1 fully saturated rings. The monoisotopic (exact) mass is 385 g/mol. The number of rotatable bonds is 6. The molecule has 5 nitrogen and oxygen atoms in total. The zero-order valence-corrected chi connectivity index (χ0v) is 17.4. The van der Waals surface area contributed by atoms with Crippen LogP contribution < -0.4 is 4.90 Å². The van der Waals surface area contributed by atoms with Gasteiger partial charge in [-0.3, -0.25) is 4.90 Å². The highest BCUT2D eigenvalue weighted by Crippen LogP contribution is 2.23. The zero-order valence-electron chi connectivity index (χ0n) is 17.4. The summed E-state index contributed by atoms with van der Waals surface area (Å²) in [6.45, 7) is 14.7. The minimum absolute atomic E-state index is 0.169. The molecule has 1 aliphatic heterocycles. The number of pyridine rings is 1. The molecule has 1 aromatic rings. The van der Waals surface area contributed by atoms with Crippen molar-refractivity contribution in [2.75, 3.05) is 37.7 Å². The van der Waals surface area contributed by atoms with E-state index in [1.807, 2.05) is 6.07 Å². The van der Waals surface area contributed by atoms with E-state index in [1.54, 1.807) is 33.0 Å². The van der Waals surface area contributed by atoms with Gasteiger partial charge in [0.2, 0.25) is 0 Å². The maximum Gasteiger partial charge on any atom is 0.379 e. The van der Waals surface area contributed by atoms with E-state index in [-0.39, 0.29) is 12.1 Å². The number of halogens is 2. The Morgan fingerprint density at radius 2 is 1.59 bits per heavy atom. The minimum Gasteiger partial charge on any atom is -0.367 e. The van der Waals surface area contributed by atoms with Crippen molar-refractivity contribution in [3.8, 4) is 0 Å². The van der Waals surface area contributed by atoms with Crippen LogP contribution in [0.3, 0.4) is 0 Å². The summed E-state index contributed by atoms with van der Waals surface area (Å²) in [6, 6.07) is 3.66. The summed E-state index contributed by atoms with van der Waals surface area (Å²) in [7, 11) is 0. The lowest BCUT2D eigenvalue weighted by molar-refractivity contribution is -0.281. The molecule has 1 aliphatic rings. The molecule has 0 aromatic carbocycles. The van der Waals surface area contributed by atoms with Gasteiger partial charge in [-0.25, -0.2) is 4.98 Å². The quantitative estimate of drug-likeness (QED) is 0.742. The maximum atomic E-state index is 13.8. The lowest BCUT2D eigenvalue weighted by atomic mass is 10.1. The lowest BCUT2D eigenvalue weighted by Gasteiger charge is -2.42. The highest BCUT2D eigenvalue weighted by Gasteiger charge is 2.33. The SMILES string of the molecule is CC(C)(C)OCC(F)(F)OCc1ccc(N2CCN(C(C)(C)C)CC2)nc1. The number of anilines is 1. The summed E-state index contributed by atoms with van der Waals surface area (Å²) < 4.78 is 37.4. The van der Waals surface area contributed by atoms with Crippen LogP contribution in [-0.4, -0.2) is 59.9 Å². The van der Waals surface area contributed by atoms with Gasteiger partial charge in [0.05, 0.1) is 12.2 Å². The Kier molecular flexibility index (Phi) is 6.81. The van der Waals surface area contributed by atoms with Crippen molar-refractivity contribution in [3.63, 3.8) is 0 Å². The van der Waals surface area contributed by atoms with E-state index in [0.29, 0.717) is 5.56 Å². The van der Waals surface area contributed by atoms with Gasteiger partial charge >= 0.3 is 6.11 Å². The zero-order chi connectivity index (χ0) is 20.3. The van der Waals surface area contributed by atoms with E-state index in [9.17, 15) is 8.78 Å². The lowest BCUT2D eigenvalue weighted by Crippen LogP contribution is -2.53. The van der Waals surface area contributed by atoms with Crippen molar-refractivity contribution >= 4 is 5.82 Å². The Balaban J connectivity index is 1.83. The molecular formula is C20H33F2N3O2. The van der Waals surface area contributed by atoms with Gasteiger partial charge in [0.1, 0.15) is 12.4 Å². The molecule has 2 rings (SSSR count). The van der Waals surface area contributed by atoms with E-state index in [4.69, 9.17) is 9.47 Å². The first-order valence-electron chi connectivity index (χ1n) is 9.46. The summed E-state index contributed by atoms with van der Waals surface area (Å²) >= 11 is 0. The second kappa shape index (κ2) is 8.37. The number of hydrogen-bond acceptors (Lipinski definition) is 5. The topological polar surface area (TPSA) is 37.8 Å². The molecular weight excluding hydrogens is 352 g/mol. The van der Waals surface area contributed by atoms with Crippen LogP contribution in [0.15, 0.2) is 18.3 Å². The Hall–Kier alpha value is -1.31. The van der Waals surface area contributed by atoms with Crippen LogP contribution in [0.4, 0.5) is 14.6 Å². The number of alkyl halides is 2. The fourth-order valence-electron chi connectivity index (χ4n) is 2.83. The Morgan fingerprint density at radius 1 is 0.963 bits per heavy atom. The first-order valence-corrected chi connectivity index (χ1v) is 9.46. The summed E-state index contributed by atoms with van der Waals surface area (Å²) in [4.78, 5) is 9.10. The van der Waals surface area contributed by atoms with Crippen molar-refractivity contribution in [1.29, 1.82) is 0 Å². The second-order valence-electron chi connectivity index (χ2n) is 9.00. The van der Waals surface area contributed by atoms with Crippen LogP contribution in [0, 0.1) is 0 Å². The molecule has 0 bridgehead atoms. The molecule has 27 heavy (non-hydrogen) atoms. The van der Waals surface area contributed by atoms with Gasteiger partial charge in [0.25, 0.3) is 0 Å². The Morgan fingerprint density at radius 3 is 2.07 bits per heavy atom. The van der Waals surface area contributed by atoms with Gasteiger partial charge in [0.15, 0.2) is 0 Å². The van der Waals surface area contributed by atoms with Crippen molar-refractivity contribution in [2.24, 2.45) is 0 Å². The summed E-state index contributed by atoms with van der Waals surface area (Å²) in [5, 5.41) is 0. The number of ether oxygens (including phenoxy) is 2. The van der Waals surface area contributed by atoms with E-state index < -0.39 is 18.3 Å². The summed E-state index contributed by atoms with van der Waals surface area (Å²) in [5.41, 5.74) is 0.151. The maximum absolute atomic E-state index is 13.8. The average molecular weight is 385 g/mol. The molecule has 0 aliphatic carbocycles. The molecule has 1 aromatic heterocycles. The van der Waals surface area contributed by atoms with Crippen LogP contribution in [0.1, 0.15) is 47.1 Å². The predicted molar refractivity (Wildman–Crippen MR) is 103 cm³/mol. The third-order valence-electron chi connectivity index (χ3n) is 4.48. The van der Waals surface area contributed by atoms with Gasteiger partial charge < -0.3 is 14.4 Å². The summed E-state index contributed by atoms with van der Waals surface area (Å²) in [5.74, 6) is 0.870. The van der Waals surface area contributed by atoms with Crippen LogP contribution in [0.5, 0.6) is 0 Å². The molecule has 0 N–H and O–H groups in total. The highest BCUT2D eigenvalue weighted by atomic mass is 19.3. The number of aromatic nitrogens is 1. The van der Waals surface area contributed by atoms with Gasteiger partial charge in [-0.05, 0) is 53.2 Å². The van der Waals surface area contributed by atoms with Crippen molar-refractivity contribution in [2.45, 2.75) is 65.4 Å². The molecule has 1 saturated heterocycles. The molecule has 0 unspecified atom stereocenters. The largest absolute Gasteiger partial charge is 0.379 e. The second-order valence-corrected chi connectivity index (χ2v) is 9.00. The van der Waals surface area contributed by atoms with Gasteiger partial charge in [-0.1, -0.05) is 6.07 Å². The van der Waals surface area contributed by atoms with Crippen LogP contribution >= 0.6 is 0 Å². The molecule has 154 valence electrons. The Bertz CT molecular complexity index is 587. The molecule has 7 heteroatoms. The van der Waals surface area contributed by atoms with Crippen LogP contribution in [0.25, 0.3) is 0 Å². The van der Waals surface area contributed by atoms with Gasteiger partial charge in [-0.2, -0.15) is 8.78 Å². The minimum atomic E-state index is -3.32. The van der Waals surface area contributed by atoms with Crippen LogP contribution in [0.2, 0.25) is 0 Å². The molecule has 0 atom stereocenters. The van der Waals surface area contributed by atoms with Crippen molar-refractivity contribution in [1.82, 2.24) is 9.88 Å². The van der Waals surface area contributed by atoms with Crippen molar-refractivity contribution < 1.29 is 18.3 Å². The third kappa shape index (κ3) is 7.31. The first kappa shape index (κ1) is 22.0. The molecule has 0 amide bonds. The van der Waals surface area contributed by atoms with E-state index in [0.717, 1.165) is 32.0 Å². The predicted octanol–water partition coefficient (Wildman–Crippen LogP) is 3.93. The first-order chi connectivity index (χ1) is 12.4. The molecule has 2 heterocycles. The molecule has 0 radical (unpaired) electrons. The fourth-order valence-corrected chi connectivity index (χ4v) is 2.83. The van der Waals surface area contributed by atoms with Gasteiger partial charge in [0, 0.05) is 37.9 Å². The van der Waals surface area contributed by atoms with E-state index in [2.05, 4.69) is 35.6 Å². The van der Waals surface area contributed by atoms with E-state index in [1.165, 1.54) is 0 Å². The van der Waals surface area contributed by atoms with Crippen LogP contribution in [-0.2, 0) is 16.1 Å². The Labute approximate surface area is 161 Å². The normalized spacial score (nSPS) is 17.4.